The number of hydrogen-bond acceptors (Lipinski definition) is 4. The number of nitrogens with zero attached hydrogens (tertiary/aromatic N) is 2. The predicted octanol–water partition coefficient (Wildman–Crippen LogP) is 1.55. The molecule has 3 rings (SSSR count). The summed E-state index contributed by atoms with van der Waals surface area (Å²) < 4.78 is 5.50. The maximum atomic E-state index is 6.26. The molecular formula is C17H27N3O. The molecule has 0 aromatic heterocycles. The fourth-order valence-corrected chi connectivity index (χ4v) is 4.20. The van der Waals surface area contributed by atoms with Gasteiger partial charge in [0.15, 0.2) is 0 Å². The van der Waals surface area contributed by atoms with E-state index in [1.807, 2.05) is 12.1 Å². The van der Waals surface area contributed by atoms with Crippen LogP contribution in [0.5, 0.6) is 5.75 Å². The van der Waals surface area contributed by atoms with Crippen LogP contribution in [-0.2, 0) is 6.54 Å². The number of benzene rings is 1. The Kier molecular flexibility index (Phi) is 4.20. The summed E-state index contributed by atoms with van der Waals surface area (Å²) in [5, 5.41) is 0. The molecule has 4 heteroatoms. The number of methoxy groups -OCH3 is 1. The lowest BCUT2D eigenvalue weighted by atomic mass is 9.77. The smallest absolute Gasteiger partial charge is 0.123 e. The highest BCUT2D eigenvalue weighted by Crippen LogP contribution is 2.39. The molecule has 21 heavy (non-hydrogen) atoms. The van der Waals surface area contributed by atoms with Gasteiger partial charge in [-0.05, 0) is 45.0 Å². The lowest BCUT2D eigenvalue weighted by molar-refractivity contribution is 0.0208. The van der Waals surface area contributed by atoms with Crippen molar-refractivity contribution in [3.63, 3.8) is 0 Å². The van der Waals surface area contributed by atoms with Gasteiger partial charge in [-0.15, -0.1) is 0 Å². The van der Waals surface area contributed by atoms with Crippen LogP contribution in [-0.4, -0.2) is 55.7 Å². The van der Waals surface area contributed by atoms with Crippen molar-refractivity contribution in [2.24, 2.45) is 11.7 Å². The van der Waals surface area contributed by atoms with Crippen molar-refractivity contribution >= 4 is 0 Å². The molecule has 2 bridgehead atoms. The number of para-hydroxylation sites is 1. The van der Waals surface area contributed by atoms with Crippen LogP contribution >= 0.6 is 0 Å². The number of nitrogens with two attached hydrogens (primary N) is 1. The summed E-state index contributed by atoms with van der Waals surface area (Å²) in [4.78, 5) is 5.06. The summed E-state index contributed by atoms with van der Waals surface area (Å²) >= 11 is 0. The monoisotopic (exact) mass is 289 g/mol. The van der Waals surface area contributed by atoms with Crippen molar-refractivity contribution in [3.8, 4) is 5.75 Å². The number of ether oxygens (including phenoxy) is 1. The van der Waals surface area contributed by atoms with E-state index in [0.29, 0.717) is 5.92 Å². The van der Waals surface area contributed by atoms with Gasteiger partial charge in [0, 0.05) is 30.7 Å². The van der Waals surface area contributed by atoms with Gasteiger partial charge in [0.05, 0.1) is 7.11 Å². The second-order valence-corrected chi connectivity index (χ2v) is 6.51. The summed E-state index contributed by atoms with van der Waals surface area (Å²) in [6, 6.07) is 8.30. The maximum Gasteiger partial charge on any atom is 0.123 e. The lowest BCUT2D eigenvalue weighted by Crippen LogP contribution is -2.60. The molecule has 0 amide bonds. The van der Waals surface area contributed by atoms with Crippen LogP contribution in [0.1, 0.15) is 18.4 Å². The minimum Gasteiger partial charge on any atom is -0.496 e. The number of piperidine rings is 1. The first kappa shape index (κ1) is 14.8. The zero-order valence-electron chi connectivity index (χ0n) is 13.2. The molecule has 116 valence electrons. The van der Waals surface area contributed by atoms with Crippen LogP contribution in [0.3, 0.4) is 0 Å². The fraction of sp³-hybridized carbons (Fsp3) is 0.647. The summed E-state index contributed by atoms with van der Waals surface area (Å²) in [7, 11) is 3.97. The van der Waals surface area contributed by atoms with Gasteiger partial charge in [0.25, 0.3) is 0 Å². The van der Waals surface area contributed by atoms with Gasteiger partial charge < -0.3 is 15.4 Å². The third kappa shape index (κ3) is 2.56. The molecule has 4 nitrogen and oxygen atoms in total. The number of rotatable bonds is 5. The molecule has 2 aliphatic heterocycles. The first-order valence-electron chi connectivity index (χ1n) is 7.95. The number of likely N-dealkylation sites (N-methyl/N-ethyl adjacent to an activating group) is 1. The second-order valence-electron chi connectivity index (χ2n) is 6.51. The molecule has 1 aromatic rings. The van der Waals surface area contributed by atoms with Crippen molar-refractivity contribution in [2.45, 2.75) is 24.9 Å². The Labute approximate surface area is 127 Å². The Morgan fingerprint density at radius 3 is 2.95 bits per heavy atom. The highest BCUT2D eigenvalue weighted by atomic mass is 16.5. The fourth-order valence-electron chi connectivity index (χ4n) is 4.20. The molecule has 3 unspecified atom stereocenters. The van der Waals surface area contributed by atoms with Crippen molar-refractivity contribution in [3.05, 3.63) is 29.8 Å². The number of fused-ring (bicyclic) bond motifs is 2. The summed E-state index contributed by atoms with van der Waals surface area (Å²) in [6.07, 6.45) is 2.47. The van der Waals surface area contributed by atoms with Crippen LogP contribution in [0.25, 0.3) is 0 Å². The molecule has 0 saturated carbocycles. The van der Waals surface area contributed by atoms with E-state index in [1.165, 1.54) is 38.0 Å². The molecular weight excluding hydrogens is 262 g/mol. The van der Waals surface area contributed by atoms with Gasteiger partial charge in [-0.2, -0.15) is 0 Å². The van der Waals surface area contributed by atoms with Crippen LogP contribution in [0.4, 0.5) is 0 Å². The Hall–Kier alpha value is -1.10. The second kappa shape index (κ2) is 5.95. The third-order valence-electron chi connectivity index (χ3n) is 5.61. The zero-order chi connectivity index (χ0) is 14.9. The average Bonchev–Trinajstić information content (AvgIpc) is 2.92. The average molecular weight is 289 g/mol. The van der Waals surface area contributed by atoms with Crippen molar-refractivity contribution in [2.75, 3.05) is 40.3 Å². The third-order valence-corrected chi connectivity index (χ3v) is 5.61. The number of hydrogen-bond donors (Lipinski definition) is 1. The summed E-state index contributed by atoms with van der Waals surface area (Å²) in [5.41, 5.74) is 7.65. The van der Waals surface area contributed by atoms with Crippen LogP contribution in [0.15, 0.2) is 24.3 Å². The zero-order valence-corrected chi connectivity index (χ0v) is 13.2. The Bertz CT molecular complexity index is 493. The van der Waals surface area contributed by atoms with E-state index < -0.39 is 0 Å². The van der Waals surface area contributed by atoms with E-state index in [2.05, 4.69) is 29.0 Å². The maximum absolute atomic E-state index is 6.26. The van der Waals surface area contributed by atoms with Gasteiger partial charge in [0.1, 0.15) is 5.75 Å². The van der Waals surface area contributed by atoms with Crippen molar-refractivity contribution < 1.29 is 4.74 Å². The summed E-state index contributed by atoms with van der Waals surface area (Å²) in [6.45, 7) is 5.29. The van der Waals surface area contributed by atoms with E-state index in [0.717, 1.165) is 18.8 Å². The van der Waals surface area contributed by atoms with E-state index in [4.69, 9.17) is 10.5 Å². The van der Waals surface area contributed by atoms with Gasteiger partial charge in [-0.25, -0.2) is 0 Å². The first-order chi connectivity index (χ1) is 10.2. The Morgan fingerprint density at radius 2 is 2.19 bits per heavy atom. The van der Waals surface area contributed by atoms with E-state index >= 15 is 0 Å². The molecule has 2 aliphatic rings. The standard InChI is InChI=1S/C17H27N3O/c1-19(11-14-5-3-4-6-16(14)21-2)17(13-18)8-10-20-9-7-15(17)12-20/h3-6,15H,7-13,18H2,1-2H3. The van der Waals surface area contributed by atoms with E-state index in [9.17, 15) is 0 Å². The minimum atomic E-state index is 0.147. The summed E-state index contributed by atoms with van der Waals surface area (Å²) in [5.74, 6) is 1.68. The largest absolute Gasteiger partial charge is 0.496 e. The van der Waals surface area contributed by atoms with Crippen LogP contribution in [0, 0.1) is 5.92 Å². The molecule has 1 aromatic carbocycles. The Balaban J connectivity index is 1.81. The van der Waals surface area contributed by atoms with Gasteiger partial charge in [-0.3, -0.25) is 4.90 Å². The minimum absolute atomic E-state index is 0.147. The highest BCUT2D eigenvalue weighted by molar-refractivity contribution is 5.33. The normalized spacial score (nSPS) is 31.6. The quantitative estimate of drug-likeness (QED) is 0.893. The van der Waals surface area contributed by atoms with Crippen molar-refractivity contribution in [1.29, 1.82) is 0 Å². The molecule has 0 radical (unpaired) electrons. The highest BCUT2D eigenvalue weighted by Gasteiger charge is 2.47. The Morgan fingerprint density at radius 1 is 1.38 bits per heavy atom. The predicted molar refractivity (Wildman–Crippen MR) is 85.4 cm³/mol. The molecule has 0 spiro atoms. The van der Waals surface area contributed by atoms with Gasteiger partial charge in [-0.1, -0.05) is 18.2 Å². The molecule has 2 N–H and O–H groups in total. The first-order valence-corrected chi connectivity index (χ1v) is 7.95. The van der Waals surface area contributed by atoms with Gasteiger partial charge >= 0.3 is 0 Å². The molecule has 2 saturated heterocycles. The lowest BCUT2D eigenvalue weighted by Gasteiger charge is -2.48. The van der Waals surface area contributed by atoms with Crippen LogP contribution < -0.4 is 10.5 Å². The van der Waals surface area contributed by atoms with Crippen LogP contribution in [0.2, 0.25) is 0 Å². The van der Waals surface area contributed by atoms with Gasteiger partial charge in [0.2, 0.25) is 0 Å². The molecule has 2 fully saturated rings. The SMILES string of the molecule is COc1ccccc1CN(C)C1(CN)CCN2CCC1C2. The molecule has 3 atom stereocenters. The van der Waals surface area contributed by atoms with Crippen molar-refractivity contribution in [1.82, 2.24) is 9.80 Å². The molecule has 2 heterocycles. The van der Waals surface area contributed by atoms with E-state index in [1.54, 1.807) is 7.11 Å². The molecule has 0 aliphatic carbocycles. The topological polar surface area (TPSA) is 41.7 Å². The van der Waals surface area contributed by atoms with E-state index in [-0.39, 0.29) is 5.54 Å².